The lowest BCUT2D eigenvalue weighted by Crippen LogP contribution is -2.12. The molecule has 0 amide bonds. The number of rotatable bonds is 4. The molecule has 0 spiro atoms. The second kappa shape index (κ2) is 6.73. The van der Waals surface area contributed by atoms with E-state index in [-0.39, 0.29) is 5.82 Å². The first-order chi connectivity index (χ1) is 14.0. The predicted octanol–water partition coefficient (Wildman–Crippen LogP) is 4.28. The summed E-state index contributed by atoms with van der Waals surface area (Å²) in [7, 11) is 2.07. The molecule has 4 aromatic rings. The summed E-state index contributed by atoms with van der Waals surface area (Å²) in [6.45, 7) is 2.90. The highest BCUT2D eigenvalue weighted by atomic mass is 19.1. The number of H-pyrrole nitrogens is 1. The Morgan fingerprint density at radius 3 is 2.79 bits per heavy atom. The number of benzene rings is 2. The third-order valence-electron chi connectivity index (χ3n) is 5.07. The third-order valence-corrected chi connectivity index (χ3v) is 5.07. The zero-order valence-corrected chi connectivity index (χ0v) is 16.1. The van der Waals surface area contributed by atoms with Crippen molar-refractivity contribution in [2.24, 2.45) is 0 Å². The molecule has 1 aliphatic heterocycles. The number of aromatic nitrogens is 4. The summed E-state index contributed by atoms with van der Waals surface area (Å²) in [4.78, 5) is 18.2. The minimum atomic E-state index is -0.507. The Morgan fingerprint density at radius 1 is 1.07 bits per heavy atom. The second-order valence-corrected chi connectivity index (χ2v) is 7.21. The first-order valence-corrected chi connectivity index (χ1v) is 9.42. The van der Waals surface area contributed by atoms with E-state index in [0.29, 0.717) is 5.95 Å². The minimum Gasteiger partial charge on any atom is -0.374 e. The largest absolute Gasteiger partial charge is 0.374 e. The maximum absolute atomic E-state index is 14.3. The molecule has 146 valence electrons. The number of aromatic amines is 1. The Morgan fingerprint density at radius 2 is 1.90 bits per heavy atom. The molecular weight excluding hydrogens is 369 g/mol. The van der Waals surface area contributed by atoms with Crippen LogP contribution in [0.5, 0.6) is 0 Å². The molecule has 0 bridgehead atoms. The van der Waals surface area contributed by atoms with Crippen LogP contribution >= 0.6 is 0 Å². The molecule has 0 fully saturated rings. The maximum atomic E-state index is 14.3. The van der Waals surface area contributed by atoms with Gasteiger partial charge >= 0.3 is 0 Å². The van der Waals surface area contributed by atoms with E-state index in [1.807, 2.05) is 43.3 Å². The molecule has 2 aromatic carbocycles. The third kappa shape index (κ3) is 3.33. The molecule has 3 heterocycles. The van der Waals surface area contributed by atoms with Crippen molar-refractivity contribution in [3.63, 3.8) is 0 Å². The Balaban J connectivity index is 1.39. The Hall–Kier alpha value is -3.68. The number of aryl methyl sites for hydroxylation is 1. The van der Waals surface area contributed by atoms with Gasteiger partial charge in [0.15, 0.2) is 11.6 Å². The zero-order valence-electron chi connectivity index (χ0n) is 16.1. The van der Waals surface area contributed by atoms with Crippen LogP contribution in [0.3, 0.4) is 0 Å². The lowest BCUT2D eigenvalue weighted by Gasteiger charge is -2.13. The van der Waals surface area contributed by atoms with Gasteiger partial charge < -0.3 is 20.5 Å². The van der Waals surface area contributed by atoms with Crippen molar-refractivity contribution in [1.82, 2.24) is 19.9 Å². The summed E-state index contributed by atoms with van der Waals surface area (Å²) in [6.07, 6.45) is 2.15. The van der Waals surface area contributed by atoms with E-state index >= 15 is 0 Å². The van der Waals surface area contributed by atoms with Gasteiger partial charge in [0.1, 0.15) is 5.82 Å². The van der Waals surface area contributed by atoms with Gasteiger partial charge in [-0.15, -0.1) is 0 Å². The number of hydrogen-bond acceptors (Lipinski definition) is 6. The van der Waals surface area contributed by atoms with E-state index in [1.54, 1.807) is 0 Å². The Bertz CT molecular complexity index is 1220. The normalized spacial score (nSPS) is 13.0. The fraction of sp³-hybridized carbons (Fsp3) is 0.190. The molecule has 3 N–H and O–H groups in total. The van der Waals surface area contributed by atoms with Crippen molar-refractivity contribution in [2.45, 2.75) is 13.3 Å². The lowest BCUT2D eigenvalue weighted by molar-refractivity contribution is 0.619. The van der Waals surface area contributed by atoms with Gasteiger partial charge in [-0.2, -0.15) is 4.98 Å². The standard InChI is InChI=1S/C21H20FN7/c1-12-24-17-5-3-15(10-18(17)25-12)27-21-23-11-16(22)20(28-21)26-14-4-6-19-13(9-14)7-8-29(19)2/h3-6,9-11H,7-8H2,1-2H3,(H,24,25)(H2,23,26,27,28). The highest BCUT2D eigenvalue weighted by Crippen LogP contribution is 2.30. The smallest absolute Gasteiger partial charge is 0.229 e. The van der Waals surface area contributed by atoms with E-state index in [1.165, 1.54) is 11.3 Å². The van der Waals surface area contributed by atoms with Crippen LogP contribution in [0.2, 0.25) is 0 Å². The van der Waals surface area contributed by atoms with Crippen LogP contribution in [0.25, 0.3) is 11.0 Å². The van der Waals surface area contributed by atoms with Gasteiger partial charge in [-0.05, 0) is 55.3 Å². The van der Waals surface area contributed by atoms with Gasteiger partial charge in [-0.3, -0.25) is 0 Å². The molecule has 7 nitrogen and oxygen atoms in total. The number of imidazole rings is 1. The van der Waals surface area contributed by atoms with Crippen molar-refractivity contribution < 1.29 is 4.39 Å². The van der Waals surface area contributed by atoms with E-state index in [0.717, 1.165) is 47.4 Å². The maximum Gasteiger partial charge on any atom is 0.229 e. The van der Waals surface area contributed by atoms with Gasteiger partial charge in [0, 0.05) is 30.7 Å². The first kappa shape index (κ1) is 17.4. The average molecular weight is 389 g/mol. The molecule has 1 aliphatic rings. The van der Waals surface area contributed by atoms with Crippen LogP contribution in [0.15, 0.2) is 42.6 Å². The highest BCUT2D eigenvalue weighted by molar-refractivity contribution is 5.80. The average Bonchev–Trinajstić information content (AvgIpc) is 3.25. The van der Waals surface area contributed by atoms with E-state index in [9.17, 15) is 4.39 Å². The topological polar surface area (TPSA) is 81.8 Å². The number of anilines is 5. The highest BCUT2D eigenvalue weighted by Gasteiger charge is 2.16. The first-order valence-electron chi connectivity index (χ1n) is 9.42. The van der Waals surface area contributed by atoms with E-state index in [4.69, 9.17) is 0 Å². The summed E-state index contributed by atoms with van der Waals surface area (Å²) < 4.78 is 14.3. The number of halogens is 1. The van der Waals surface area contributed by atoms with Crippen LogP contribution in [-0.2, 0) is 6.42 Å². The molecular formula is C21H20FN7. The molecule has 5 rings (SSSR count). The molecule has 8 heteroatoms. The molecule has 2 aromatic heterocycles. The molecule has 0 aliphatic carbocycles. The van der Waals surface area contributed by atoms with Gasteiger partial charge in [0.05, 0.1) is 17.2 Å². The molecule has 0 atom stereocenters. The summed E-state index contributed by atoms with van der Waals surface area (Å²) >= 11 is 0. The van der Waals surface area contributed by atoms with E-state index in [2.05, 4.69) is 42.5 Å². The summed E-state index contributed by atoms with van der Waals surface area (Å²) in [5.74, 6) is 0.785. The summed E-state index contributed by atoms with van der Waals surface area (Å²) in [5, 5.41) is 6.20. The van der Waals surface area contributed by atoms with Crippen LogP contribution in [0, 0.1) is 12.7 Å². The van der Waals surface area contributed by atoms with Crippen LogP contribution < -0.4 is 15.5 Å². The second-order valence-electron chi connectivity index (χ2n) is 7.21. The van der Waals surface area contributed by atoms with Gasteiger partial charge in [-0.1, -0.05) is 0 Å². The van der Waals surface area contributed by atoms with Gasteiger partial charge in [0.2, 0.25) is 5.95 Å². The van der Waals surface area contributed by atoms with Crippen molar-refractivity contribution in [2.75, 3.05) is 29.1 Å². The molecule has 29 heavy (non-hydrogen) atoms. The molecule has 0 unspecified atom stereocenters. The quantitative estimate of drug-likeness (QED) is 0.483. The summed E-state index contributed by atoms with van der Waals surface area (Å²) in [5.41, 5.74) is 5.85. The molecule has 0 saturated carbocycles. The number of nitrogens with zero attached hydrogens (tertiary/aromatic N) is 4. The number of fused-ring (bicyclic) bond motifs is 2. The minimum absolute atomic E-state index is 0.132. The number of hydrogen-bond donors (Lipinski definition) is 3. The van der Waals surface area contributed by atoms with Crippen molar-refractivity contribution in [3.8, 4) is 0 Å². The fourth-order valence-electron chi connectivity index (χ4n) is 3.64. The van der Waals surface area contributed by atoms with Crippen LogP contribution in [0.4, 0.5) is 33.2 Å². The monoisotopic (exact) mass is 389 g/mol. The summed E-state index contributed by atoms with van der Waals surface area (Å²) in [6, 6.07) is 11.7. The Labute approximate surface area is 167 Å². The van der Waals surface area contributed by atoms with Crippen LogP contribution in [0.1, 0.15) is 11.4 Å². The number of nitrogens with one attached hydrogen (secondary N) is 3. The van der Waals surface area contributed by atoms with Crippen molar-refractivity contribution >= 4 is 39.9 Å². The number of likely N-dealkylation sites (N-methyl/N-ethyl adjacent to an activating group) is 1. The zero-order chi connectivity index (χ0) is 20.0. The fourth-order valence-corrected chi connectivity index (χ4v) is 3.64. The van der Waals surface area contributed by atoms with Crippen molar-refractivity contribution in [1.29, 1.82) is 0 Å². The molecule has 0 saturated heterocycles. The van der Waals surface area contributed by atoms with Crippen molar-refractivity contribution in [3.05, 3.63) is 59.8 Å². The predicted molar refractivity (Wildman–Crippen MR) is 113 cm³/mol. The van der Waals surface area contributed by atoms with Crippen LogP contribution in [-0.4, -0.2) is 33.5 Å². The van der Waals surface area contributed by atoms with E-state index < -0.39 is 5.82 Å². The Kier molecular flexibility index (Phi) is 4.04. The molecule has 0 radical (unpaired) electrons. The lowest BCUT2D eigenvalue weighted by atomic mass is 10.1. The van der Waals surface area contributed by atoms with Gasteiger partial charge in [-0.25, -0.2) is 14.4 Å². The SMILES string of the molecule is Cc1nc2ccc(Nc3ncc(F)c(Nc4ccc5c(c4)CCN5C)n3)cc2[nH]1. The van der Waals surface area contributed by atoms with Gasteiger partial charge in [0.25, 0.3) is 0 Å².